The molecule has 0 spiro atoms. The summed E-state index contributed by atoms with van der Waals surface area (Å²) in [6.45, 7) is 1.77. The monoisotopic (exact) mass is 412 g/mol. The first-order valence-electron chi connectivity index (χ1n) is 9.62. The average Bonchev–Trinajstić information content (AvgIpc) is 2.78. The standard InChI is InChI=1S/C21H24N4O5/c1-29-19-9-6-15(13-20(19)30-2)21(26)23-22-14-16-12-17(25(27)28)7-8-18(16)24-10-4-3-5-11-24/h6-9,12-14H,3-5,10-11H2,1-2H3,(H,23,26)/b22-14-. The zero-order valence-corrected chi connectivity index (χ0v) is 17.0. The number of ether oxygens (including phenoxy) is 2. The van der Waals surface area contributed by atoms with E-state index in [9.17, 15) is 14.9 Å². The van der Waals surface area contributed by atoms with Crippen LogP contribution in [0.2, 0.25) is 0 Å². The van der Waals surface area contributed by atoms with Crippen LogP contribution in [0.15, 0.2) is 41.5 Å². The molecule has 0 aliphatic carbocycles. The molecule has 2 aromatic carbocycles. The van der Waals surface area contributed by atoms with Gasteiger partial charge in [0.2, 0.25) is 0 Å². The smallest absolute Gasteiger partial charge is 0.271 e. The number of benzene rings is 2. The molecule has 1 amide bonds. The molecular weight excluding hydrogens is 388 g/mol. The molecular formula is C21H24N4O5. The van der Waals surface area contributed by atoms with Gasteiger partial charge in [-0.1, -0.05) is 0 Å². The van der Waals surface area contributed by atoms with Crippen molar-refractivity contribution in [1.82, 2.24) is 5.43 Å². The molecule has 9 heteroatoms. The van der Waals surface area contributed by atoms with Gasteiger partial charge in [0.05, 0.1) is 25.4 Å². The van der Waals surface area contributed by atoms with E-state index in [4.69, 9.17) is 9.47 Å². The molecule has 1 heterocycles. The minimum Gasteiger partial charge on any atom is -0.493 e. The van der Waals surface area contributed by atoms with Crippen LogP contribution >= 0.6 is 0 Å². The van der Waals surface area contributed by atoms with Gasteiger partial charge >= 0.3 is 0 Å². The molecule has 9 nitrogen and oxygen atoms in total. The second-order valence-corrected chi connectivity index (χ2v) is 6.82. The third-order valence-corrected chi connectivity index (χ3v) is 4.93. The van der Waals surface area contributed by atoms with Crippen LogP contribution in [0.3, 0.4) is 0 Å². The third kappa shape index (κ3) is 4.86. The second kappa shape index (κ2) is 9.73. The van der Waals surface area contributed by atoms with Gasteiger partial charge in [0.15, 0.2) is 11.5 Å². The van der Waals surface area contributed by atoms with Crippen molar-refractivity contribution in [1.29, 1.82) is 0 Å². The van der Waals surface area contributed by atoms with Crippen molar-refractivity contribution in [3.63, 3.8) is 0 Å². The van der Waals surface area contributed by atoms with Gasteiger partial charge in [-0.3, -0.25) is 14.9 Å². The number of hydrogen-bond acceptors (Lipinski definition) is 7. The summed E-state index contributed by atoms with van der Waals surface area (Å²) in [5.74, 6) is 0.512. The van der Waals surface area contributed by atoms with Crippen LogP contribution in [0.25, 0.3) is 0 Å². The highest BCUT2D eigenvalue weighted by Crippen LogP contribution is 2.28. The number of amides is 1. The number of nitro benzene ring substituents is 1. The van der Waals surface area contributed by atoms with E-state index in [1.807, 2.05) is 0 Å². The Hall–Kier alpha value is -3.62. The number of rotatable bonds is 7. The highest BCUT2D eigenvalue weighted by Gasteiger charge is 2.17. The largest absolute Gasteiger partial charge is 0.493 e. The molecule has 30 heavy (non-hydrogen) atoms. The fourth-order valence-electron chi connectivity index (χ4n) is 3.38. The Labute approximate surface area is 174 Å². The second-order valence-electron chi connectivity index (χ2n) is 6.82. The van der Waals surface area contributed by atoms with Crippen molar-refractivity contribution in [3.8, 4) is 11.5 Å². The Kier molecular flexibility index (Phi) is 6.84. The minimum absolute atomic E-state index is 0.0246. The quantitative estimate of drug-likeness (QED) is 0.425. The van der Waals surface area contributed by atoms with E-state index in [1.165, 1.54) is 39.0 Å². The maximum Gasteiger partial charge on any atom is 0.271 e. The van der Waals surface area contributed by atoms with Gasteiger partial charge < -0.3 is 14.4 Å². The summed E-state index contributed by atoms with van der Waals surface area (Å²) in [5.41, 5.74) is 4.23. The Balaban J connectivity index is 1.79. The zero-order chi connectivity index (χ0) is 21.5. The molecule has 1 N–H and O–H groups in total. The van der Waals surface area contributed by atoms with E-state index in [1.54, 1.807) is 24.3 Å². The molecule has 2 aromatic rings. The number of non-ortho nitro benzene ring substituents is 1. The van der Waals surface area contributed by atoms with Gasteiger partial charge in [-0.25, -0.2) is 5.43 Å². The molecule has 1 aliphatic heterocycles. The summed E-state index contributed by atoms with van der Waals surface area (Å²) < 4.78 is 10.4. The summed E-state index contributed by atoms with van der Waals surface area (Å²) in [7, 11) is 3.00. The van der Waals surface area contributed by atoms with Gasteiger partial charge in [0, 0.05) is 42.0 Å². The molecule has 0 saturated carbocycles. The number of carbonyl (C=O) groups excluding carboxylic acids is 1. The predicted octanol–water partition coefficient (Wildman–Crippen LogP) is 3.37. The SMILES string of the molecule is COc1ccc(C(=O)N/N=C\c2cc([N+](=O)[O-])ccc2N2CCCCC2)cc1OC. The summed E-state index contributed by atoms with van der Waals surface area (Å²) in [6.07, 6.45) is 4.76. The van der Waals surface area contributed by atoms with Crippen molar-refractivity contribution in [2.24, 2.45) is 5.10 Å². The van der Waals surface area contributed by atoms with Crippen LogP contribution in [0.5, 0.6) is 11.5 Å². The van der Waals surface area contributed by atoms with Gasteiger partial charge in [0.25, 0.3) is 11.6 Å². The Morgan fingerprint density at radius 1 is 1.10 bits per heavy atom. The lowest BCUT2D eigenvalue weighted by Gasteiger charge is -2.29. The molecule has 0 unspecified atom stereocenters. The molecule has 0 bridgehead atoms. The fraction of sp³-hybridized carbons (Fsp3) is 0.333. The molecule has 0 radical (unpaired) electrons. The lowest BCUT2D eigenvalue weighted by molar-refractivity contribution is -0.384. The van der Waals surface area contributed by atoms with Crippen molar-refractivity contribution in [2.45, 2.75) is 19.3 Å². The lowest BCUT2D eigenvalue weighted by Crippen LogP contribution is -2.30. The Morgan fingerprint density at radius 2 is 1.83 bits per heavy atom. The summed E-state index contributed by atoms with van der Waals surface area (Å²) in [4.78, 5) is 25.3. The zero-order valence-electron chi connectivity index (χ0n) is 17.0. The van der Waals surface area contributed by atoms with Crippen LogP contribution in [0.1, 0.15) is 35.2 Å². The fourth-order valence-corrected chi connectivity index (χ4v) is 3.38. The number of carbonyl (C=O) groups is 1. The third-order valence-electron chi connectivity index (χ3n) is 4.93. The van der Waals surface area contributed by atoms with Gasteiger partial charge in [-0.2, -0.15) is 5.10 Å². The minimum atomic E-state index is -0.445. The number of nitrogens with zero attached hydrogens (tertiary/aromatic N) is 3. The van der Waals surface area contributed by atoms with Crippen molar-refractivity contribution in [3.05, 3.63) is 57.6 Å². The van der Waals surface area contributed by atoms with Gasteiger partial charge in [-0.15, -0.1) is 0 Å². The van der Waals surface area contributed by atoms with Crippen LogP contribution in [0, 0.1) is 10.1 Å². The molecule has 1 saturated heterocycles. The molecule has 1 fully saturated rings. The van der Waals surface area contributed by atoms with Gasteiger partial charge in [-0.05, 0) is 43.5 Å². The first kappa shape index (κ1) is 21.1. The van der Waals surface area contributed by atoms with E-state index in [0.29, 0.717) is 22.6 Å². The number of piperidine rings is 1. The summed E-state index contributed by atoms with van der Waals surface area (Å²) >= 11 is 0. The number of methoxy groups -OCH3 is 2. The van der Waals surface area contributed by atoms with Crippen molar-refractivity contribution < 1.29 is 19.2 Å². The number of anilines is 1. The molecule has 158 valence electrons. The summed E-state index contributed by atoms with van der Waals surface area (Å²) in [5, 5.41) is 15.2. The molecule has 0 atom stereocenters. The number of hydrazone groups is 1. The van der Waals surface area contributed by atoms with Crippen LogP contribution < -0.4 is 19.8 Å². The number of nitro groups is 1. The van der Waals surface area contributed by atoms with Crippen LogP contribution in [-0.2, 0) is 0 Å². The average molecular weight is 412 g/mol. The lowest BCUT2D eigenvalue weighted by atomic mass is 10.1. The highest BCUT2D eigenvalue weighted by molar-refractivity contribution is 5.96. The maximum absolute atomic E-state index is 12.4. The molecule has 0 aromatic heterocycles. The van der Waals surface area contributed by atoms with Crippen LogP contribution in [0.4, 0.5) is 11.4 Å². The van der Waals surface area contributed by atoms with Crippen molar-refractivity contribution in [2.75, 3.05) is 32.2 Å². The predicted molar refractivity (Wildman–Crippen MR) is 114 cm³/mol. The first-order valence-corrected chi connectivity index (χ1v) is 9.62. The first-order chi connectivity index (χ1) is 14.5. The maximum atomic E-state index is 12.4. The van der Waals surface area contributed by atoms with E-state index in [0.717, 1.165) is 31.6 Å². The summed E-state index contributed by atoms with van der Waals surface area (Å²) in [6, 6.07) is 9.47. The van der Waals surface area contributed by atoms with E-state index in [2.05, 4.69) is 15.4 Å². The topological polar surface area (TPSA) is 106 Å². The Bertz CT molecular complexity index is 954. The Morgan fingerprint density at radius 3 is 2.50 bits per heavy atom. The van der Waals surface area contributed by atoms with E-state index < -0.39 is 10.8 Å². The molecule has 3 rings (SSSR count). The van der Waals surface area contributed by atoms with E-state index in [-0.39, 0.29) is 5.69 Å². The van der Waals surface area contributed by atoms with Crippen LogP contribution in [-0.4, -0.2) is 44.4 Å². The number of nitrogens with one attached hydrogen (secondary N) is 1. The van der Waals surface area contributed by atoms with Crippen molar-refractivity contribution >= 4 is 23.5 Å². The normalized spacial score (nSPS) is 13.9. The number of hydrogen-bond donors (Lipinski definition) is 1. The molecule has 1 aliphatic rings. The highest BCUT2D eigenvalue weighted by atomic mass is 16.6. The van der Waals surface area contributed by atoms with E-state index >= 15 is 0 Å². The van der Waals surface area contributed by atoms with Gasteiger partial charge in [0.1, 0.15) is 0 Å².